The molecule has 2 aliphatic rings. The van der Waals surface area contributed by atoms with Crippen molar-refractivity contribution in [1.82, 2.24) is 4.31 Å². The van der Waals surface area contributed by atoms with Crippen LogP contribution in [0.2, 0.25) is 0 Å². The van der Waals surface area contributed by atoms with E-state index in [9.17, 15) is 16.8 Å². The first-order valence-corrected chi connectivity index (χ1v) is 10.1. The van der Waals surface area contributed by atoms with Crippen molar-refractivity contribution in [1.29, 1.82) is 0 Å². The minimum absolute atomic E-state index is 0.00762. The van der Waals surface area contributed by atoms with Crippen LogP contribution in [0.5, 0.6) is 0 Å². The zero-order valence-electron chi connectivity index (χ0n) is 10.6. The van der Waals surface area contributed by atoms with E-state index in [0.717, 1.165) is 25.3 Å². The summed E-state index contributed by atoms with van der Waals surface area (Å²) in [6.07, 6.45) is 2.87. The minimum atomic E-state index is -3.93. The topological polar surface area (TPSA) is 71.5 Å². The van der Waals surface area contributed by atoms with E-state index in [-0.39, 0.29) is 15.8 Å². The summed E-state index contributed by atoms with van der Waals surface area (Å²) in [6, 6.07) is 5.28. The van der Waals surface area contributed by atoms with Gasteiger partial charge in [0.25, 0.3) is 9.05 Å². The smallest absolute Gasteiger partial charge is 0.207 e. The molecule has 2 fully saturated rings. The summed E-state index contributed by atoms with van der Waals surface area (Å²) in [5.74, 6) is 0.440. The third-order valence-corrected chi connectivity index (χ3v) is 7.32. The Kier molecular flexibility index (Phi) is 3.36. The monoisotopic (exact) mass is 335 g/mol. The first kappa shape index (κ1) is 14.3. The van der Waals surface area contributed by atoms with Crippen LogP contribution in [0.3, 0.4) is 0 Å². The van der Waals surface area contributed by atoms with E-state index >= 15 is 0 Å². The van der Waals surface area contributed by atoms with Crippen molar-refractivity contribution >= 4 is 29.8 Å². The van der Waals surface area contributed by atoms with Crippen molar-refractivity contribution in [2.75, 3.05) is 6.54 Å². The minimum Gasteiger partial charge on any atom is -0.207 e. The van der Waals surface area contributed by atoms with Gasteiger partial charge < -0.3 is 0 Å². The Hall–Kier alpha value is -0.630. The first-order chi connectivity index (χ1) is 9.28. The maximum atomic E-state index is 12.6. The number of hydrogen-bond donors (Lipinski definition) is 0. The summed E-state index contributed by atoms with van der Waals surface area (Å²) in [7, 11) is -2.31. The highest BCUT2D eigenvalue weighted by Gasteiger charge is 2.44. The standard InChI is InChI=1S/C12H14ClNO4S2/c13-19(15,16)11-2-1-3-12(7-11)20(17,18)14-8-9-4-5-10(14)6-9/h1-3,7,9-10H,4-6,8H2. The van der Waals surface area contributed by atoms with Gasteiger partial charge in [-0.2, -0.15) is 4.31 Å². The van der Waals surface area contributed by atoms with Gasteiger partial charge >= 0.3 is 0 Å². The molecular weight excluding hydrogens is 322 g/mol. The van der Waals surface area contributed by atoms with Gasteiger partial charge in [-0.25, -0.2) is 16.8 Å². The molecule has 5 nitrogen and oxygen atoms in total. The maximum absolute atomic E-state index is 12.6. The molecule has 1 aliphatic heterocycles. The molecule has 0 amide bonds. The average Bonchev–Trinajstić information content (AvgIpc) is 3.00. The predicted molar refractivity (Wildman–Crippen MR) is 74.5 cm³/mol. The lowest BCUT2D eigenvalue weighted by atomic mass is 10.1. The number of halogens is 1. The summed E-state index contributed by atoms with van der Waals surface area (Å²) >= 11 is 0. The number of nitrogens with zero attached hydrogens (tertiary/aromatic N) is 1. The number of fused-ring (bicyclic) bond motifs is 2. The molecule has 1 aromatic carbocycles. The van der Waals surface area contributed by atoms with Crippen LogP contribution in [-0.4, -0.2) is 33.7 Å². The summed E-state index contributed by atoms with van der Waals surface area (Å²) in [6.45, 7) is 0.533. The van der Waals surface area contributed by atoms with Crippen LogP contribution in [0.4, 0.5) is 0 Å². The second kappa shape index (κ2) is 4.69. The zero-order valence-corrected chi connectivity index (χ0v) is 13.0. The van der Waals surface area contributed by atoms with E-state index in [1.165, 1.54) is 22.5 Å². The number of sulfonamides is 1. The van der Waals surface area contributed by atoms with Crippen LogP contribution in [0, 0.1) is 5.92 Å². The molecule has 20 heavy (non-hydrogen) atoms. The van der Waals surface area contributed by atoms with E-state index < -0.39 is 19.1 Å². The molecule has 1 saturated carbocycles. The van der Waals surface area contributed by atoms with Gasteiger partial charge in [-0.15, -0.1) is 0 Å². The molecule has 0 spiro atoms. The Balaban J connectivity index is 2.00. The van der Waals surface area contributed by atoms with Crippen LogP contribution in [0.25, 0.3) is 0 Å². The van der Waals surface area contributed by atoms with Gasteiger partial charge in [0.05, 0.1) is 9.79 Å². The molecule has 3 rings (SSSR count). The van der Waals surface area contributed by atoms with Gasteiger partial charge in [0.1, 0.15) is 0 Å². The molecule has 110 valence electrons. The Morgan fingerprint density at radius 1 is 1.10 bits per heavy atom. The fraction of sp³-hybridized carbons (Fsp3) is 0.500. The summed E-state index contributed by atoms with van der Waals surface area (Å²) in [5, 5.41) is 0. The lowest BCUT2D eigenvalue weighted by Gasteiger charge is -2.26. The summed E-state index contributed by atoms with van der Waals surface area (Å²) in [5.41, 5.74) is 0. The molecule has 1 saturated heterocycles. The Morgan fingerprint density at radius 2 is 1.80 bits per heavy atom. The highest BCUT2D eigenvalue weighted by atomic mass is 35.7. The third-order valence-electron chi connectivity index (χ3n) is 4.05. The van der Waals surface area contributed by atoms with E-state index in [4.69, 9.17) is 10.7 Å². The number of rotatable bonds is 3. The van der Waals surface area contributed by atoms with Crippen LogP contribution < -0.4 is 0 Å². The lowest BCUT2D eigenvalue weighted by Crippen LogP contribution is -2.37. The highest BCUT2D eigenvalue weighted by Crippen LogP contribution is 2.40. The molecule has 2 bridgehead atoms. The first-order valence-electron chi connectivity index (χ1n) is 6.35. The van der Waals surface area contributed by atoms with Crippen molar-refractivity contribution in [2.24, 2.45) is 5.92 Å². The van der Waals surface area contributed by atoms with Gasteiger partial charge in [-0.05, 0) is 43.4 Å². The van der Waals surface area contributed by atoms with E-state index in [1.807, 2.05) is 0 Å². The number of hydrogen-bond acceptors (Lipinski definition) is 4. The van der Waals surface area contributed by atoms with Crippen LogP contribution in [-0.2, 0) is 19.1 Å². The van der Waals surface area contributed by atoms with Crippen molar-refractivity contribution in [3.05, 3.63) is 24.3 Å². The Morgan fingerprint density at radius 3 is 2.35 bits per heavy atom. The fourth-order valence-electron chi connectivity index (χ4n) is 3.10. The maximum Gasteiger partial charge on any atom is 0.261 e. The average molecular weight is 336 g/mol. The van der Waals surface area contributed by atoms with Gasteiger partial charge in [0.2, 0.25) is 10.0 Å². The van der Waals surface area contributed by atoms with Gasteiger partial charge in [-0.1, -0.05) is 6.07 Å². The summed E-state index contributed by atoms with van der Waals surface area (Å²) in [4.78, 5) is -0.198. The molecule has 2 unspecified atom stereocenters. The summed E-state index contributed by atoms with van der Waals surface area (Å²) < 4.78 is 49.3. The SMILES string of the molecule is O=S(=O)(Cl)c1cccc(S(=O)(=O)N2CC3CCC2C3)c1. The molecule has 2 atom stereocenters. The normalized spacial score (nSPS) is 27.1. The highest BCUT2D eigenvalue weighted by molar-refractivity contribution is 8.13. The number of piperidine rings is 1. The van der Waals surface area contributed by atoms with E-state index in [2.05, 4.69) is 0 Å². The number of benzene rings is 1. The third kappa shape index (κ3) is 2.36. The predicted octanol–water partition coefficient (Wildman–Crippen LogP) is 1.79. The second-order valence-corrected chi connectivity index (χ2v) is 9.78. The fourth-order valence-corrected chi connectivity index (χ4v) is 5.76. The van der Waals surface area contributed by atoms with Crippen LogP contribution in [0.1, 0.15) is 19.3 Å². The molecule has 1 heterocycles. The van der Waals surface area contributed by atoms with Crippen LogP contribution in [0.15, 0.2) is 34.1 Å². The van der Waals surface area contributed by atoms with E-state index in [0.29, 0.717) is 12.5 Å². The Labute approximate surface area is 123 Å². The molecule has 8 heteroatoms. The molecule has 1 aromatic rings. The lowest BCUT2D eigenvalue weighted by molar-refractivity contribution is 0.333. The Bertz CT molecular complexity index is 744. The molecular formula is C12H14ClNO4S2. The van der Waals surface area contributed by atoms with Gasteiger partial charge in [-0.3, -0.25) is 0 Å². The molecule has 0 N–H and O–H groups in total. The second-order valence-electron chi connectivity index (χ2n) is 5.32. The molecule has 0 radical (unpaired) electrons. The van der Waals surface area contributed by atoms with Crippen molar-refractivity contribution in [3.8, 4) is 0 Å². The quantitative estimate of drug-likeness (QED) is 0.789. The van der Waals surface area contributed by atoms with Crippen molar-refractivity contribution in [2.45, 2.75) is 35.1 Å². The van der Waals surface area contributed by atoms with Gasteiger partial charge in [0.15, 0.2) is 0 Å². The van der Waals surface area contributed by atoms with Gasteiger partial charge in [0, 0.05) is 23.3 Å². The molecule has 1 aliphatic carbocycles. The van der Waals surface area contributed by atoms with Crippen molar-refractivity contribution < 1.29 is 16.8 Å². The molecule has 0 aromatic heterocycles. The zero-order chi connectivity index (χ0) is 14.5. The van der Waals surface area contributed by atoms with Crippen LogP contribution >= 0.6 is 10.7 Å². The largest absolute Gasteiger partial charge is 0.261 e. The van der Waals surface area contributed by atoms with Crippen molar-refractivity contribution in [3.63, 3.8) is 0 Å². The van der Waals surface area contributed by atoms with E-state index in [1.54, 1.807) is 0 Å².